The van der Waals surface area contributed by atoms with Crippen molar-refractivity contribution in [1.29, 1.82) is 0 Å². The molecule has 0 spiro atoms. The number of nitrogens with zero attached hydrogens (tertiary/aromatic N) is 3. The molecule has 1 fully saturated rings. The summed E-state index contributed by atoms with van der Waals surface area (Å²) in [7, 11) is 0. The molecule has 1 aromatic heterocycles. The number of hydrogen-bond donors (Lipinski definition) is 1. The van der Waals surface area contributed by atoms with Crippen molar-refractivity contribution < 1.29 is 13.2 Å². The molecule has 2 heterocycles. The third kappa shape index (κ3) is 3.68. The maximum Gasteiger partial charge on any atom is 0.403 e. The molecule has 19 heavy (non-hydrogen) atoms. The first kappa shape index (κ1) is 14.3. The Balaban J connectivity index is 1.97. The maximum atomic E-state index is 12.7. The second-order valence-electron chi connectivity index (χ2n) is 4.99. The molecule has 1 aliphatic heterocycles. The van der Waals surface area contributed by atoms with E-state index >= 15 is 0 Å². The van der Waals surface area contributed by atoms with E-state index in [9.17, 15) is 13.2 Å². The summed E-state index contributed by atoms with van der Waals surface area (Å²) in [6.45, 7) is 2.79. The normalized spacial score (nSPS) is 24.6. The third-order valence-corrected chi connectivity index (χ3v) is 3.44. The van der Waals surface area contributed by atoms with Crippen LogP contribution in [0.1, 0.15) is 38.4 Å². The van der Waals surface area contributed by atoms with Crippen LogP contribution in [0.25, 0.3) is 0 Å². The summed E-state index contributed by atoms with van der Waals surface area (Å²) in [5.74, 6) is 0.766. The van der Waals surface area contributed by atoms with Gasteiger partial charge in [0.25, 0.3) is 0 Å². The molecular weight excluding hydrogens is 257 g/mol. The highest BCUT2D eigenvalue weighted by molar-refractivity contribution is 4.94. The lowest BCUT2D eigenvalue weighted by atomic mass is 9.96. The highest BCUT2D eigenvalue weighted by Crippen LogP contribution is 2.28. The molecule has 108 valence electrons. The summed E-state index contributed by atoms with van der Waals surface area (Å²) >= 11 is 0. The van der Waals surface area contributed by atoms with Gasteiger partial charge in [0, 0.05) is 19.0 Å². The minimum atomic E-state index is -4.16. The van der Waals surface area contributed by atoms with E-state index in [2.05, 4.69) is 15.4 Å². The Morgan fingerprint density at radius 1 is 1.42 bits per heavy atom. The first-order chi connectivity index (χ1) is 9.00. The quantitative estimate of drug-likeness (QED) is 0.917. The summed E-state index contributed by atoms with van der Waals surface area (Å²) in [4.78, 5) is 4.15. The van der Waals surface area contributed by atoms with E-state index in [1.165, 1.54) is 6.33 Å². The molecule has 0 bridgehead atoms. The Morgan fingerprint density at radius 3 is 2.89 bits per heavy atom. The number of piperidine rings is 1. The van der Waals surface area contributed by atoms with Gasteiger partial charge < -0.3 is 5.32 Å². The molecule has 0 amide bonds. The van der Waals surface area contributed by atoms with Crippen LogP contribution in [-0.4, -0.2) is 33.0 Å². The van der Waals surface area contributed by atoms with Gasteiger partial charge >= 0.3 is 6.18 Å². The molecule has 0 aliphatic carbocycles. The van der Waals surface area contributed by atoms with Gasteiger partial charge in [0.1, 0.15) is 18.2 Å². The molecule has 7 heteroatoms. The lowest BCUT2D eigenvalue weighted by Crippen LogP contribution is -2.51. The molecule has 0 saturated carbocycles. The van der Waals surface area contributed by atoms with Crippen LogP contribution in [-0.2, 0) is 13.0 Å². The van der Waals surface area contributed by atoms with Crippen LogP contribution in [0.3, 0.4) is 0 Å². The van der Waals surface area contributed by atoms with Crippen molar-refractivity contribution in [2.45, 2.75) is 63.8 Å². The molecule has 2 atom stereocenters. The number of alkyl halides is 3. The van der Waals surface area contributed by atoms with Gasteiger partial charge in [0.05, 0.1) is 0 Å². The number of halogens is 3. The maximum absolute atomic E-state index is 12.7. The van der Waals surface area contributed by atoms with Crippen molar-refractivity contribution in [2.24, 2.45) is 0 Å². The first-order valence-electron chi connectivity index (χ1n) is 6.70. The summed E-state index contributed by atoms with van der Waals surface area (Å²) in [5.41, 5.74) is 0. The zero-order valence-electron chi connectivity index (χ0n) is 11.0. The summed E-state index contributed by atoms with van der Waals surface area (Å²) in [6, 6.07) is -1.55. The number of aryl methyl sites for hydroxylation is 1. The second kappa shape index (κ2) is 5.90. The van der Waals surface area contributed by atoms with Crippen LogP contribution in [0, 0.1) is 0 Å². The molecule has 1 aromatic rings. The van der Waals surface area contributed by atoms with Gasteiger partial charge in [-0.05, 0) is 25.7 Å². The Hall–Kier alpha value is -1.11. The molecule has 2 unspecified atom stereocenters. The van der Waals surface area contributed by atoms with Gasteiger partial charge in [0.15, 0.2) is 0 Å². The molecule has 4 nitrogen and oxygen atoms in total. The Labute approximate surface area is 110 Å². The van der Waals surface area contributed by atoms with E-state index in [0.29, 0.717) is 12.8 Å². The predicted molar refractivity (Wildman–Crippen MR) is 64.6 cm³/mol. The Kier molecular flexibility index (Phi) is 4.44. The van der Waals surface area contributed by atoms with Crippen molar-refractivity contribution in [3.63, 3.8) is 0 Å². The molecular formula is C12H19F3N4. The van der Waals surface area contributed by atoms with E-state index in [-0.39, 0.29) is 12.5 Å². The highest BCUT2D eigenvalue weighted by atomic mass is 19.4. The molecule has 1 aliphatic rings. The van der Waals surface area contributed by atoms with Gasteiger partial charge in [-0.25, -0.2) is 4.98 Å². The fourth-order valence-electron chi connectivity index (χ4n) is 2.50. The average molecular weight is 276 g/mol. The number of nitrogens with one attached hydrogen (secondary N) is 1. The smallest absolute Gasteiger partial charge is 0.303 e. The number of aromatic nitrogens is 3. The summed E-state index contributed by atoms with van der Waals surface area (Å²) < 4.78 is 39.9. The van der Waals surface area contributed by atoms with Crippen molar-refractivity contribution in [2.75, 3.05) is 0 Å². The monoisotopic (exact) mass is 276 g/mol. The van der Waals surface area contributed by atoms with Crippen LogP contribution in [0.5, 0.6) is 0 Å². The minimum Gasteiger partial charge on any atom is -0.303 e. The molecule has 0 radical (unpaired) electrons. The Morgan fingerprint density at radius 2 is 2.21 bits per heavy atom. The van der Waals surface area contributed by atoms with Crippen LogP contribution in [0.2, 0.25) is 0 Å². The Bertz CT molecular complexity index is 402. The van der Waals surface area contributed by atoms with E-state index in [1.54, 1.807) is 4.68 Å². The number of hydrogen-bond acceptors (Lipinski definition) is 3. The topological polar surface area (TPSA) is 42.7 Å². The fourth-order valence-corrected chi connectivity index (χ4v) is 2.50. The zero-order chi connectivity index (χ0) is 13.9. The SMILES string of the molecule is CCCn1ncnc1CC1CCCC(C(F)(F)F)N1. The largest absolute Gasteiger partial charge is 0.403 e. The van der Waals surface area contributed by atoms with E-state index in [0.717, 1.165) is 25.2 Å². The van der Waals surface area contributed by atoms with Gasteiger partial charge in [0.2, 0.25) is 0 Å². The molecule has 0 aromatic carbocycles. The second-order valence-corrected chi connectivity index (χ2v) is 4.99. The molecule has 1 N–H and O–H groups in total. The van der Waals surface area contributed by atoms with Crippen molar-refractivity contribution in [3.05, 3.63) is 12.2 Å². The van der Waals surface area contributed by atoms with Gasteiger partial charge in [-0.2, -0.15) is 18.3 Å². The predicted octanol–water partition coefficient (Wildman–Crippen LogP) is 2.30. The van der Waals surface area contributed by atoms with Crippen molar-refractivity contribution in [3.8, 4) is 0 Å². The lowest BCUT2D eigenvalue weighted by molar-refractivity contribution is -0.163. The van der Waals surface area contributed by atoms with Gasteiger partial charge in [-0.1, -0.05) is 6.92 Å². The number of rotatable bonds is 4. The minimum absolute atomic E-state index is 0.166. The van der Waals surface area contributed by atoms with E-state index in [4.69, 9.17) is 0 Å². The van der Waals surface area contributed by atoms with Crippen molar-refractivity contribution in [1.82, 2.24) is 20.1 Å². The first-order valence-corrected chi connectivity index (χ1v) is 6.70. The van der Waals surface area contributed by atoms with Crippen molar-refractivity contribution >= 4 is 0 Å². The van der Waals surface area contributed by atoms with Crippen LogP contribution in [0.4, 0.5) is 13.2 Å². The molecule has 2 rings (SSSR count). The zero-order valence-corrected chi connectivity index (χ0v) is 11.0. The van der Waals surface area contributed by atoms with Crippen LogP contribution in [0.15, 0.2) is 6.33 Å². The third-order valence-electron chi connectivity index (χ3n) is 3.44. The standard InChI is InChI=1S/C12H19F3N4/c1-2-6-19-11(16-8-17-19)7-9-4-3-5-10(18-9)12(13,14)15/h8-10,18H,2-7H2,1H3. The van der Waals surface area contributed by atoms with Crippen LogP contribution >= 0.6 is 0 Å². The van der Waals surface area contributed by atoms with E-state index in [1.807, 2.05) is 6.92 Å². The summed E-state index contributed by atoms with van der Waals surface area (Å²) in [5, 5.41) is 6.79. The molecule has 1 saturated heterocycles. The summed E-state index contributed by atoms with van der Waals surface area (Å²) in [6.07, 6.45) is 0.272. The van der Waals surface area contributed by atoms with E-state index < -0.39 is 12.2 Å². The van der Waals surface area contributed by atoms with Gasteiger partial charge in [-0.15, -0.1) is 0 Å². The highest BCUT2D eigenvalue weighted by Gasteiger charge is 2.42. The van der Waals surface area contributed by atoms with Gasteiger partial charge in [-0.3, -0.25) is 4.68 Å². The lowest BCUT2D eigenvalue weighted by Gasteiger charge is -2.32. The average Bonchev–Trinajstić information content (AvgIpc) is 2.77. The van der Waals surface area contributed by atoms with Crippen LogP contribution < -0.4 is 5.32 Å². The fraction of sp³-hybridized carbons (Fsp3) is 0.833.